The molecule has 2 aromatic carbocycles. The second kappa shape index (κ2) is 13.0. The molecule has 1 unspecified atom stereocenters. The number of pyridine rings is 1. The van der Waals surface area contributed by atoms with Gasteiger partial charge in [-0.05, 0) is 56.8 Å². The van der Waals surface area contributed by atoms with Crippen molar-refractivity contribution in [3.05, 3.63) is 93.5 Å². The molecule has 0 fully saturated rings. The van der Waals surface area contributed by atoms with Crippen LogP contribution in [0.1, 0.15) is 65.3 Å². The molecule has 4 rings (SSSR count). The summed E-state index contributed by atoms with van der Waals surface area (Å²) >= 11 is 6.35. The molecule has 1 atom stereocenters. The molecule has 0 aliphatic rings. The standard InChI is InChI=1S/C32H35ClN4O2/c1-5-37(6-2)21-28(38)14-16-32(39)24-10-7-23(8-11-24)9-15-29-30-18-26(33)13-12-25(30)20-34-31(29)19-27-17-22(3)35-36(27)4/h7-8,10-13,17-18,20,28,38H,5-6,14,16,19,21H2,1-4H3. The zero-order valence-corrected chi connectivity index (χ0v) is 23.8. The van der Waals surface area contributed by atoms with E-state index < -0.39 is 6.10 Å². The van der Waals surface area contributed by atoms with Crippen LogP contribution in [0, 0.1) is 18.8 Å². The lowest BCUT2D eigenvalue weighted by molar-refractivity contribution is 0.0877. The molecule has 0 saturated heterocycles. The normalized spacial score (nSPS) is 12.0. The summed E-state index contributed by atoms with van der Waals surface area (Å²) in [7, 11) is 1.93. The highest BCUT2D eigenvalue weighted by Gasteiger charge is 2.14. The van der Waals surface area contributed by atoms with Crippen LogP contribution in [-0.4, -0.2) is 56.3 Å². The molecule has 0 aliphatic heterocycles. The van der Waals surface area contributed by atoms with Crippen LogP contribution in [0.25, 0.3) is 10.8 Å². The number of likely N-dealkylation sites (N-methyl/N-ethyl adjacent to an activating group) is 1. The van der Waals surface area contributed by atoms with Crippen molar-refractivity contribution >= 4 is 28.2 Å². The first kappa shape index (κ1) is 28.5. The third-order valence-electron chi connectivity index (χ3n) is 6.99. The monoisotopic (exact) mass is 542 g/mol. The van der Waals surface area contributed by atoms with Crippen molar-refractivity contribution in [3.8, 4) is 11.8 Å². The summed E-state index contributed by atoms with van der Waals surface area (Å²) in [6, 6.07) is 15.1. The molecule has 1 N–H and O–H groups in total. The Hall–Kier alpha value is -3.50. The minimum atomic E-state index is -0.508. The van der Waals surface area contributed by atoms with Crippen molar-refractivity contribution in [3.63, 3.8) is 0 Å². The Labute approximate surface area is 235 Å². The van der Waals surface area contributed by atoms with E-state index in [1.165, 1.54) is 0 Å². The molecule has 0 radical (unpaired) electrons. The number of carbonyl (C=O) groups is 1. The summed E-state index contributed by atoms with van der Waals surface area (Å²) < 4.78 is 1.87. The lowest BCUT2D eigenvalue weighted by Crippen LogP contribution is -2.32. The Balaban J connectivity index is 1.54. The van der Waals surface area contributed by atoms with E-state index in [1.807, 2.05) is 55.2 Å². The van der Waals surface area contributed by atoms with E-state index in [0.29, 0.717) is 36.4 Å². The number of carbonyl (C=O) groups excluding carboxylic acids is 1. The van der Waals surface area contributed by atoms with E-state index in [2.05, 4.69) is 41.8 Å². The van der Waals surface area contributed by atoms with Gasteiger partial charge in [-0.1, -0.05) is 55.5 Å². The number of ketones is 1. The fraction of sp³-hybridized carbons (Fsp3) is 0.344. The molecule has 0 saturated carbocycles. The first-order chi connectivity index (χ1) is 18.8. The summed E-state index contributed by atoms with van der Waals surface area (Å²) in [6.45, 7) is 8.47. The van der Waals surface area contributed by atoms with Crippen molar-refractivity contribution < 1.29 is 9.90 Å². The number of aromatic nitrogens is 3. The number of halogens is 1. The largest absolute Gasteiger partial charge is 0.392 e. The minimum Gasteiger partial charge on any atom is -0.392 e. The maximum atomic E-state index is 12.7. The molecular formula is C32H35ClN4O2. The van der Waals surface area contributed by atoms with Gasteiger partial charge < -0.3 is 10.0 Å². The van der Waals surface area contributed by atoms with Crippen LogP contribution in [0.5, 0.6) is 0 Å². The summed E-state index contributed by atoms with van der Waals surface area (Å²) in [6.07, 6.45) is 2.71. The van der Waals surface area contributed by atoms with Crippen molar-refractivity contribution in [1.29, 1.82) is 0 Å². The fourth-order valence-corrected chi connectivity index (χ4v) is 4.86. The third kappa shape index (κ3) is 7.33. The van der Waals surface area contributed by atoms with Crippen LogP contribution >= 0.6 is 11.6 Å². The topological polar surface area (TPSA) is 71.2 Å². The minimum absolute atomic E-state index is 0.0229. The summed E-state index contributed by atoms with van der Waals surface area (Å²) in [4.78, 5) is 19.6. The van der Waals surface area contributed by atoms with Gasteiger partial charge >= 0.3 is 0 Å². The van der Waals surface area contributed by atoms with Crippen LogP contribution in [0.2, 0.25) is 5.02 Å². The van der Waals surface area contributed by atoms with Crippen molar-refractivity contribution in [1.82, 2.24) is 19.7 Å². The summed E-state index contributed by atoms with van der Waals surface area (Å²) in [5.41, 5.74) is 5.12. The Bertz CT molecular complexity index is 1510. The van der Waals surface area contributed by atoms with Gasteiger partial charge in [0.05, 0.1) is 23.1 Å². The van der Waals surface area contributed by atoms with Crippen molar-refractivity contribution in [2.75, 3.05) is 19.6 Å². The first-order valence-electron chi connectivity index (χ1n) is 13.4. The molecule has 0 bridgehead atoms. The van der Waals surface area contributed by atoms with Crippen LogP contribution in [0.15, 0.2) is 54.7 Å². The predicted octanol–water partition coefficient (Wildman–Crippen LogP) is 5.59. The molecule has 0 spiro atoms. The smallest absolute Gasteiger partial charge is 0.162 e. The van der Waals surface area contributed by atoms with Crippen LogP contribution in [0.4, 0.5) is 0 Å². The molecule has 4 aromatic rings. The van der Waals surface area contributed by atoms with Gasteiger partial charge in [0.15, 0.2) is 5.78 Å². The number of aryl methyl sites for hydroxylation is 2. The molecule has 0 amide bonds. The highest BCUT2D eigenvalue weighted by Crippen LogP contribution is 2.25. The van der Waals surface area contributed by atoms with Gasteiger partial charge in [0.25, 0.3) is 0 Å². The van der Waals surface area contributed by atoms with Crippen LogP contribution in [-0.2, 0) is 13.5 Å². The van der Waals surface area contributed by atoms with E-state index in [1.54, 1.807) is 12.1 Å². The molecular weight excluding hydrogens is 508 g/mol. The van der Waals surface area contributed by atoms with E-state index in [-0.39, 0.29) is 5.78 Å². The lowest BCUT2D eigenvalue weighted by atomic mass is 10.0. The molecule has 39 heavy (non-hydrogen) atoms. The quantitative estimate of drug-likeness (QED) is 0.209. The van der Waals surface area contributed by atoms with Crippen molar-refractivity contribution in [2.24, 2.45) is 7.05 Å². The molecule has 2 heterocycles. The number of aliphatic hydroxyl groups is 1. The van der Waals surface area contributed by atoms with Gasteiger partial charge in [-0.2, -0.15) is 5.10 Å². The van der Waals surface area contributed by atoms with Crippen LogP contribution in [0.3, 0.4) is 0 Å². The number of aliphatic hydroxyl groups excluding tert-OH is 1. The van der Waals surface area contributed by atoms with Gasteiger partial charge in [0.2, 0.25) is 0 Å². The fourth-order valence-electron chi connectivity index (χ4n) is 4.69. The van der Waals surface area contributed by atoms with Gasteiger partial charge in [0.1, 0.15) is 0 Å². The Kier molecular flexibility index (Phi) is 9.53. The summed E-state index contributed by atoms with van der Waals surface area (Å²) in [5, 5.41) is 17.3. The second-order valence-electron chi connectivity index (χ2n) is 9.82. The number of Topliss-reactive ketones (excluding diaryl/α,β-unsaturated/α-hetero) is 1. The van der Waals surface area contributed by atoms with E-state index >= 15 is 0 Å². The predicted molar refractivity (Wildman–Crippen MR) is 157 cm³/mol. The third-order valence-corrected chi connectivity index (χ3v) is 7.22. The zero-order chi connectivity index (χ0) is 27.9. The van der Waals surface area contributed by atoms with E-state index in [0.717, 1.165) is 52.1 Å². The van der Waals surface area contributed by atoms with Crippen LogP contribution < -0.4 is 0 Å². The number of benzene rings is 2. The lowest BCUT2D eigenvalue weighted by Gasteiger charge is -2.21. The highest BCUT2D eigenvalue weighted by atomic mass is 35.5. The maximum absolute atomic E-state index is 12.7. The van der Waals surface area contributed by atoms with E-state index in [9.17, 15) is 9.90 Å². The number of rotatable bonds is 10. The van der Waals surface area contributed by atoms with Gasteiger partial charge in [-0.3, -0.25) is 14.5 Å². The Morgan fingerprint density at radius 2 is 1.85 bits per heavy atom. The van der Waals surface area contributed by atoms with Crippen molar-refractivity contribution in [2.45, 2.75) is 46.1 Å². The Morgan fingerprint density at radius 3 is 2.51 bits per heavy atom. The number of fused-ring (bicyclic) bond motifs is 1. The SMILES string of the molecule is CCN(CC)CC(O)CCC(=O)c1ccc(C#Cc2c(Cc3cc(C)nn3C)ncc3ccc(Cl)cc23)cc1. The second-order valence-corrected chi connectivity index (χ2v) is 10.3. The average molecular weight is 543 g/mol. The van der Waals surface area contributed by atoms with E-state index in [4.69, 9.17) is 16.6 Å². The number of nitrogens with zero attached hydrogens (tertiary/aromatic N) is 4. The summed E-state index contributed by atoms with van der Waals surface area (Å²) in [5.74, 6) is 6.62. The Morgan fingerprint density at radius 1 is 1.10 bits per heavy atom. The molecule has 7 heteroatoms. The molecule has 2 aromatic heterocycles. The number of hydrogen-bond acceptors (Lipinski definition) is 5. The maximum Gasteiger partial charge on any atom is 0.162 e. The highest BCUT2D eigenvalue weighted by molar-refractivity contribution is 6.31. The van der Waals surface area contributed by atoms with Gasteiger partial charge in [0, 0.05) is 65.2 Å². The van der Waals surface area contributed by atoms with Gasteiger partial charge in [-0.15, -0.1) is 0 Å². The molecule has 202 valence electrons. The molecule has 6 nitrogen and oxygen atoms in total. The average Bonchev–Trinajstić information content (AvgIpc) is 3.25. The molecule has 0 aliphatic carbocycles. The zero-order valence-electron chi connectivity index (χ0n) is 23.0. The number of hydrogen-bond donors (Lipinski definition) is 1. The van der Waals surface area contributed by atoms with Gasteiger partial charge in [-0.25, -0.2) is 0 Å². The first-order valence-corrected chi connectivity index (χ1v) is 13.8.